The molecule has 0 aromatic heterocycles. The van der Waals surface area contributed by atoms with Gasteiger partial charge in [0.25, 0.3) is 0 Å². The zero-order valence-corrected chi connectivity index (χ0v) is 13.0. The van der Waals surface area contributed by atoms with Crippen molar-refractivity contribution < 1.29 is 18.3 Å². The van der Waals surface area contributed by atoms with Crippen LogP contribution in [0.25, 0.3) is 0 Å². The van der Waals surface area contributed by atoms with E-state index in [0.717, 1.165) is 30.6 Å². The molecule has 1 aromatic carbocycles. The predicted octanol–water partition coefficient (Wildman–Crippen LogP) is 1.96. The molecule has 2 rings (SSSR count). The van der Waals surface area contributed by atoms with Crippen molar-refractivity contribution in [3.8, 4) is 0 Å². The van der Waals surface area contributed by atoms with Gasteiger partial charge in [-0.15, -0.1) is 0 Å². The summed E-state index contributed by atoms with van der Waals surface area (Å²) in [6, 6.07) is 5.22. The quantitative estimate of drug-likeness (QED) is 0.869. The lowest BCUT2D eigenvalue weighted by atomic mass is 9.96. The van der Waals surface area contributed by atoms with Gasteiger partial charge in [-0.05, 0) is 37.0 Å². The Morgan fingerprint density at radius 3 is 2.76 bits per heavy atom. The van der Waals surface area contributed by atoms with Crippen LogP contribution in [0.1, 0.15) is 35.7 Å². The average Bonchev–Trinajstić information content (AvgIpc) is 2.44. The van der Waals surface area contributed by atoms with Crippen LogP contribution in [0.4, 0.5) is 5.69 Å². The van der Waals surface area contributed by atoms with Gasteiger partial charge >= 0.3 is 5.97 Å². The van der Waals surface area contributed by atoms with Gasteiger partial charge in [0, 0.05) is 24.5 Å². The van der Waals surface area contributed by atoms with Gasteiger partial charge in [-0.25, -0.2) is 13.2 Å². The van der Waals surface area contributed by atoms with E-state index in [1.807, 2.05) is 17.9 Å². The zero-order valence-electron chi connectivity index (χ0n) is 12.2. The number of fused-ring (bicyclic) bond motifs is 1. The Hall–Kier alpha value is -1.56. The highest BCUT2D eigenvalue weighted by molar-refractivity contribution is 7.91. The van der Waals surface area contributed by atoms with E-state index in [1.165, 1.54) is 0 Å². The molecule has 1 N–H and O–H groups in total. The maximum Gasteiger partial charge on any atom is 0.336 e. The SMILES string of the molecule is CCCS(=O)(=O)CCN1CCCc2c(C(=O)O)cccc21. The van der Waals surface area contributed by atoms with Crippen LogP contribution in [-0.4, -0.2) is 44.1 Å². The predicted molar refractivity (Wildman–Crippen MR) is 82.9 cm³/mol. The summed E-state index contributed by atoms with van der Waals surface area (Å²) in [5, 5.41) is 9.24. The fraction of sp³-hybridized carbons (Fsp3) is 0.533. The molecule has 116 valence electrons. The number of nitrogens with zero attached hydrogens (tertiary/aromatic N) is 1. The number of anilines is 1. The molecule has 0 saturated carbocycles. The lowest BCUT2D eigenvalue weighted by Gasteiger charge is -2.32. The molecule has 1 aliphatic rings. The summed E-state index contributed by atoms with van der Waals surface area (Å²) in [5.41, 5.74) is 2.02. The molecule has 0 fully saturated rings. The molecule has 1 aromatic rings. The van der Waals surface area contributed by atoms with Gasteiger partial charge in [0.2, 0.25) is 0 Å². The maximum atomic E-state index is 11.8. The summed E-state index contributed by atoms with van der Waals surface area (Å²) in [4.78, 5) is 13.3. The van der Waals surface area contributed by atoms with Crippen LogP contribution < -0.4 is 4.90 Å². The van der Waals surface area contributed by atoms with E-state index in [2.05, 4.69) is 0 Å². The van der Waals surface area contributed by atoms with Crippen molar-refractivity contribution in [3.63, 3.8) is 0 Å². The Labute approximate surface area is 125 Å². The number of carboxylic acids is 1. The maximum absolute atomic E-state index is 11.8. The van der Waals surface area contributed by atoms with Crippen LogP contribution in [0.5, 0.6) is 0 Å². The molecule has 5 nitrogen and oxygen atoms in total. The zero-order chi connectivity index (χ0) is 15.5. The number of hydrogen-bond donors (Lipinski definition) is 1. The van der Waals surface area contributed by atoms with Gasteiger partial charge in [-0.3, -0.25) is 0 Å². The summed E-state index contributed by atoms with van der Waals surface area (Å²) in [7, 11) is -3.02. The van der Waals surface area contributed by atoms with Crippen molar-refractivity contribution >= 4 is 21.5 Å². The highest BCUT2D eigenvalue weighted by atomic mass is 32.2. The number of sulfone groups is 1. The lowest BCUT2D eigenvalue weighted by molar-refractivity contribution is 0.0695. The van der Waals surface area contributed by atoms with E-state index in [9.17, 15) is 18.3 Å². The smallest absolute Gasteiger partial charge is 0.336 e. The summed E-state index contributed by atoms with van der Waals surface area (Å²) < 4.78 is 23.7. The fourth-order valence-electron chi connectivity index (χ4n) is 2.80. The molecular weight excluding hydrogens is 290 g/mol. The normalized spacial score (nSPS) is 14.8. The summed E-state index contributed by atoms with van der Waals surface area (Å²) in [5.74, 6) is -0.590. The van der Waals surface area contributed by atoms with Gasteiger partial charge < -0.3 is 10.0 Å². The Morgan fingerprint density at radius 1 is 1.33 bits per heavy atom. The molecule has 0 amide bonds. The largest absolute Gasteiger partial charge is 0.478 e. The number of carbonyl (C=O) groups is 1. The molecule has 21 heavy (non-hydrogen) atoms. The third-order valence-corrected chi connectivity index (χ3v) is 5.60. The van der Waals surface area contributed by atoms with Gasteiger partial charge in [0.1, 0.15) is 0 Å². The minimum atomic E-state index is -3.02. The molecule has 1 aliphatic heterocycles. The molecule has 0 atom stereocenters. The van der Waals surface area contributed by atoms with E-state index in [-0.39, 0.29) is 11.5 Å². The van der Waals surface area contributed by atoms with Crippen LogP contribution >= 0.6 is 0 Å². The van der Waals surface area contributed by atoms with Crippen molar-refractivity contribution in [3.05, 3.63) is 29.3 Å². The van der Waals surface area contributed by atoms with Crippen molar-refractivity contribution in [2.75, 3.05) is 29.5 Å². The third-order valence-electron chi connectivity index (χ3n) is 3.76. The van der Waals surface area contributed by atoms with Crippen molar-refractivity contribution in [1.29, 1.82) is 0 Å². The molecule has 0 unspecified atom stereocenters. The van der Waals surface area contributed by atoms with Crippen molar-refractivity contribution in [1.82, 2.24) is 0 Å². The van der Waals surface area contributed by atoms with E-state index in [0.29, 0.717) is 18.5 Å². The molecule has 0 radical (unpaired) electrons. The Balaban J connectivity index is 2.19. The monoisotopic (exact) mass is 311 g/mol. The third kappa shape index (κ3) is 3.75. The highest BCUT2D eigenvalue weighted by Crippen LogP contribution is 2.29. The first-order valence-corrected chi connectivity index (χ1v) is 9.07. The first-order chi connectivity index (χ1) is 9.94. The summed E-state index contributed by atoms with van der Waals surface area (Å²) in [6.45, 7) is 3.06. The first-order valence-electron chi connectivity index (χ1n) is 7.25. The number of benzene rings is 1. The Morgan fingerprint density at radius 2 is 2.10 bits per heavy atom. The molecule has 0 bridgehead atoms. The summed E-state index contributed by atoms with van der Waals surface area (Å²) >= 11 is 0. The standard InChI is InChI=1S/C15H21NO4S/c1-2-10-21(19,20)11-9-16-8-4-6-12-13(15(17)18)5-3-7-14(12)16/h3,5,7H,2,4,6,8-11H2,1H3,(H,17,18). The molecule has 1 heterocycles. The van der Waals surface area contributed by atoms with Gasteiger partial charge in [-0.2, -0.15) is 0 Å². The van der Waals surface area contributed by atoms with E-state index >= 15 is 0 Å². The molecule has 0 saturated heterocycles. The number of aromatic carboxylic acids is 1. The molecule has 0 aliphatic carbocycles. The fourth-order valence-corrected chi connectivity index (χ4v) is 4.12. The van der Waals surface area contributed by atoms with Gasteiger partial charge in [-0.1, -0.05) is 13.0 Å². The minimum absolute atomic E-state index is 0.123. The second-order valence-corrected chi connectivity index (χ2v) is 7.65. The van der Waals surface area contributed by atoms with Crippen LogP contribution in [0.15, 0.2) is 18.2 Å². The lowest BCUT2D eigenvalue weighted by Crippen LogP contribution is -2.34. The Kier molecular flexibility index (Phi) is 4.88. The van der Waals surface area contributed by atoms with Crippen molar-refractivity contribution in [2.24, 2.45) is 0 Å². The van der Waals surface area contributed by atoms with E-state index < -0.39 is 15.8 Å². The molecular formula is C15H21NO4S. The first kappa shape index (κ1) is 15.8. The second-order valence-electron chi connectivity index (χ2n) is 5.35. The number of hydrogen-bond acceptors (Lipinski definition) is 4. The Bertz CT molecular complexity index is 625. The van der Waals surface area contributed by atoms with Crippen LogP contribution in [0.2, 0.25) is 0 Å². The minimum Gasteiger partial charge on any atom is -0.478 e. The topological polar surface area (TPSA) is 74.7 Å². The van der Waals surface area contributed by atoms with Gasteiger partial charge in [0.05, 0.1) is 11.3 Å². The number of rotatable bonds is 6. The van der Waals surface area contributed by atoms with Crippen molar-refractivity contribution in [2.45, 2.75) is 26.2 Å². The highest BCUT2D eigenvalue weighted by Gasteiger charge is 2.23. The molecule has 6 heteroatoms. The van der Waals surface area contributed by atoms with E-state index in [4.69, 9.17) is 0 Å². The summed E-state index contributed by atoms with van der Waals surface area (Å²) in [6.07, 6.45) is 2.21. The van der Waals surface area contributed by atoms with Crippen LogP contribution in [0, 0.1) is 0 Å². The second kappa shape index (κ2) is 6.47. The van der Waals surface area contributed by atoms with Crippen LogP contribution in [-0.2, 0) is 16.3 Å². The van der Waals surface area contributed by atoms with Gasteiger partial charge in [0.15, 0.2) is 9.84 Å². The average molecular weight is 311 g/mol. The molecule has 0 spiro atoms. The van der Waals surface area contributed by atoms with E-state index in [1.54, 1.807) is 12.1 Å². The number of carboxylic acid groups (broad SMARTS) is 1. The van der Waals surface area contributed by atoms with Crippen LogP contribution in [0.3, 0.4) is 0 Å².